The third-order valence-electron chi connectivity index (χ3n) is 5.16. The summed E-state index contributed by atoms with van der Waals surface area (Å²) in [5.74, 6) is -0.176. The van der Waals surface area contributed by atoms with E-state index in [1.54, 1.807) is 17.3 Å². The molecule has 1 N–H and O–H groups in total. The molecule has 1 unspecified atom stereocenters. The number of nitrogens with one attached hydrogen (secondary N) is 1. The van der Waals surface area contributed by atoms with Gasteiger partial charge in [0.15, 0.2) is 0 Å². The van der Waals surface area contributed by atoms with Gasteiger partial charge in [-0.15, -0.1) is 0 Å². The van der Waals surface area contributed by atoms with Crippen molar-refractivity contribution in [2.75, 3.05) is 18.0 Å². The van der Waals surface area contributed by atoms with Gasteiger partial charge < -0.3 is 10.2 Å². The normalized spacial score (nSPS) is 19.1. The second-order valence-corrected chi connectivity index (χ2v) is 8.21. The summed E-state index contributed by atoms with van der Waals surface area (Å²) in [5, 5.41) is 2.84. The molecule has 0 bridgehead atoms. The Morgan fingerprint density at radius 1 is 1.25 bits per heavy atom. The Hall–Kier alpha value is -2.48. The summed E-state index contributed by atoms with van der Waals surface area (Å²) in [4.78, 5) is 42.9. The average molecular weight is 445 g/mol. The first-order valence-corrected chi connectivity index (χ1v) is 10.2. The van der Waals surface area contributed by atoms with E-state index >= 15 is 0 Å². The van der Waals surface area contributed by atoms with Crippen molar-refractivity contribution in [2.24, 2.45) is 5.92 Å². The van der Waals surface area contributed by atoms with Crippen molar-refractivity contribution in [1.82, 2.24) is 14.9 Å². The fourth-order valence-electron chi connectivity index (χ4n) is 3.43. The molecule has 1 aromatic carbocycles. The fourth-order valence-corrected chi connectivity index (χ4v) is 3.82. The smallest absolute Gasteiger partial charge is 0.253 e. The second-order valence-electron chi connectivity index (χ2n) is 7.30. The highest BCUT2D eigenvalue weighted by atomic mass is 79.9. The van der Waals surface area contributed by atoms with Gasteiger partial charge in [0.2, 0.25) is 11.8 Å². The molecule has 7 nitrogen and oxygen atoms in total. The van der Waals surface area contributed by atoms with Crippen molar-refractivity contribution >= 4 is 33.4 Å². The van der Waals surface area contributed by atoms with E-state index in [-0.39, 0.29) is 23.8 Å². The molecule has 2 heterocycles. The number of anilines is 1. The van der Waals surface area contributed by atoms with Crippen LogP contribution in [0.15, 0.2) is 45.9 Å². The van der Waals surface area contributed by atoms with Crippen LogP contribution >= 0.6 is 15.9 Å². The van der Waals surface area contributed by atoms with Gasteiger partial charge >= 0.3 is 0 Å². The maximum atomic E-state index is 12.5. The standard InChI is InChI=1S/C20H21BrN4O3/c21-15-2-1-3-16(9-15)25-11-14(8-19(25)27)20(28)22-6-7-24-12-23-17(10-18(24)26)13-4-5-13/h1-3,9-10,12-14H,4-8,11H2,(H,22,28). The van der Waals surface area contributed by atoms with Gasteiger partial charge in [0, 0.05) is 48.2 Å². The topological polar surface area (TPSA) is 84.3 Å². The van der Waals surface area contributed by atoms with Crippen LogP contribution in [0.5, 0.6) is 0 Å². The lowest BCUT2D eigenvalue weighted by Crippen LogP contribution is -2.36. The van der Waals surface area contributed by atoms with Crippen LogP contribution in [-0.2, 0) is 16.1 Å². The maximum absolute atomic E-state index is 12.5. The van der Waals surface area contributed by atoms with E-state index in [4.69, 9.17) is 0 Å². The predicted molar refractivity (Wildman–Crippen MR) is 108 cm³/mol. The molecule has 146 valence electrons. The lowest BCUT2D eigenvalue weighted by Gasteiger charge is -2.17. The minimum absolute atomic E-state index is 0.0608. The van der Waals surface area contributed by atoms with E-state index in [0.717, 1.165) is 28.7 Å². The van der Waals surface area contributed by atoms with Gasteiger partial charge in [-0.3, -0.25) is 19.0 Å². The lowest BCUT2D eigenvalue weighted by molar-refractivity contribution is -0.126. The zero-order valence-corrected chi connectivity index (χ0v) is 16.9. The predicted octanol–water partition coefficient (Wildman–Crippen LogP) is 2.05. The summed E-state index contributed by atoms with van der Waals surface area (Å²) in [6.07, 6.45) is 3.94. The number of carbonyl (C=O) groups is 2. The molecule has 0 radical (unpaired) electrons. The second kappa shape index (κ2) is 7.87. The highest BCUT2D eigenvalue weighted by molar-refractivity contribution is 9.10. The molecule has 1 atom stereocenters. The number of rotatable bonds is 6. The van der Waals surface area contributed by atoms with Gasteiger partial charge in [-0.2, -0.15) is 0 Å². The van der Waals surface area contributed by atoms with Gasteiger partial charge in [-0.05, 0) is 31.0 Å². The minimum Gasteiger partial charge on any atom is -0.354 e. The summed E-state index contributed by atoms with van der Waals surface area (Å²) in [7, 11) is 0. The molecule has 2 aromatic rings. The Morgan fingerprint density at radius 3 is 2.79 bits per heavy atom. The van der Waals surface area contributed by atoms with Crippen LogP contribution in [0, 0.1) is 5.92 Å². The van der Waals surface area contributed by atoms with Crippen LogP contribution in [0.2, 0.25) is 0 Å². The van der Waals surface area contributed by atoms with Crippen molar-refractivity contribution in [3.63, 3.8) is 0 Å². The van der Waals surface area contributed by atoms with Crippen molar-refractivity contribution in [3.05, 3.63) is 57.2 Å². The van der Waals surface area contributed by atoms with Crippen LogP contribution in [0.3, 0.4) is 0 Å². The first-order valence-electron chi connectivity index (χ1n) is 9.41. The molecule has 1 saturated carbocycles. The number of amides is 2. The number of carbonyl (C=O) groups excluding carboxylic acids is 2. The highest BCUT2D eigenvalue weighted by Gasteiger charge is 2.35. The zero-order valence-electron chi connectivity index (χ0n) is 15.3. The summed E-state index contributed by atoms with van der Waals surface area (Å²) < 4.78 is 2.39. The minimum atomic E-state index is -0.390. The number of aromatic nitrogens is 2. The van der Waals surface area contributed by atoms with Crippen molar-refractivity contribution < 1.29 is 9.59 Å². The van der Waals surface area contributed by atoms with Gasteiger partial charge in [0.1, 0.15) is 0 Å². The van der Waals surface area contributed by atoms with Crippen LogP contribution in [0.1, 0.15) is 30.9 Å². The molecule has 28 heavy (non-hydrogen) atoms. The SMILES string of the molecule is O=C(NCCn1cnc(C2CC2)cc1=O)C1CC(=O)N(c2cccc(Br)c2)C1. The molecule has 1 aliphatic carbocycles. The van der Waals surface area contributed by atoms with E-state index in [0.29, 0.717) is 25.6 Å². The Kier molecular flexibility index (Phi) is 5.30. The molecule has 4 rings (SSSR count). The summed E-state index contributed by atoms with van der Waals surface area (Å²) in [5.41, 5.74) is 1.55. The van der Waals surface area contributed by atoms with E-state index in [1.165, 1.54) is 4.57 Å². The summed E-state index contributed by atoms with van der Waals surface area (Å²) >= 11 is 3.40. The van der Waals surface area contributed by atoms with E-state index < -0.39 is 5.92 Å². The van der Waals surface area contributed by atoms with Gasteiger partial charge in [0.05, 0.1) is 17.9 Å². The monoisotopic (exact) mass is 444 g/mol. The third kappa shape index (κ3) is 4.16. The Balaban J connectivity index is 1.31. The molecule has 8 heteroatoms. The molecule has 1 aliphatic heterocycles. The fraction of sp³-hybridized carbons (Fsp3) is 0.400. The molecule has 1 saturated heterocycles. The van der Waals surface area contributed by atoms with Gasteiger partial charge in [-0.25, -0.2) is 4.98 Å². The first-order chi connectivity index (χ1) is 13.5. The van der Waals surface area contributed by atoms with Crippen molar-refractivity contribution in [2.45, 2.75) is 31.7 Å². The van der Waals surface area contributed by atoms with Crippen LogP contribution in [0.4, 0.5) is 5.69 Å². The van der Waals surface area contributed by atoms with Crippen molar-refractivity contribution in [1.29, 1.82) is 0 Å². The molecule has 1 aromatic heterocycles. The maximum Gasteiger partial charge on any atom is 0.253 e. The quantitative estimate of drug-likeness (QED) is 0.738. The average Bonchev–Trinajstić information content (AvgIpc) is 3.44. The van der Waals surface area contributed by atoms with Gasteiger partial charge in [0.25, 0.3) is 5.56 Å². The molecule has 2 amide bonds. The largest absolute Gasteiger partial charge is 0.354 e. The number of nitrogens with zero attached hydrogens (tertiary/aromatic N) is 3. The Labute approximate surface area is 170 Å². The lowest BCUT2D eigenvalue weighted by atomic mass is 10.1. The summed E-state index contributed by atoms with van der Waals surface area (Å²) in [6.45, 7) is 1.04. The molecule has 2 fully saturated rings. The number of benzene rings is 1. The number of hydrogen-bond donors (Lipinski definition) is 1. The third-order valence-corrected chi connectivity index (χ3v) is 5.66. The van der Waals surface area contributed by atoms with E-state index in [9.17, 15) is 14.4 Å². The molecular weight excluding hydrogens is 424 g/mol. The molecule has 2 aliphatic rings. The zero-order chi connectivity index (χ0) is 19.7. The Bertz CT molecular complexity index is 970. The molecule has 0 spiro atoms. The van der Waals surface area contributed by atoms with E-state index in [1.807, 2.05) is 24.3 Å². The number of hydrogen-bond acceptors (Lipinski definition) is 4. The van der Waals surface area contributed by atoms with Crippen LogP contribution in [-0.4, -0.2) is 34.5 Å². The van der Waals surface area contributed by atoms with Crippen molar-refractivity contribution in [3.8, 4) is 0 Å². The Morgan fingerprint density at radius 2 is 2.07 bits per heavy atom. The number of halogens is 1. The first kappa shape index (κ1) is 18.9. The van der Waals surface area contributed by atoms with Gasteiger partial charge in [-0.1, -0.05) is 22.0 Å². The highest BCUT2D eigenvalue weighted by Crippen LogP contribution is 2.38. The van der Waals surface area contributed by atoms with Crippen LogP contribution < -0.4 is 15.8 Å². The van der Waals surface area contributed by atoms with E-state index in [2.05, 4.69) is 26.2 Å². The van der Waals surface area contributed by atoms with Crippen LogP contribution in [0.25, 0.3) is 0 Å². The summed E-state index contributed by atoms with van der Waals surface area (Å²) in [6, 6.07) is 9.06. The molecular formula is C20H21BrN4O3.